The van der Waals surface area contributed by atoms with E-state index in [-0.39, 0.29) is 17.5 Å². The van der Waals surface area contributed by atoms with Gasteiger partial charge in [-0.25, -0.2) is 8.42 Å². The second kappa shape index (κ2) is 5.30. The van der Waals surface area contributed by atoms with Crippen molar-refractivity contribution in [2.45, 2.75) is 19.0 Å². The summed E-state index contributed by atoms with van der Waals surface area (Å²) in [5.74, 6) is -0.744. The average Bonchev–Trinajstić information content (AvgIpc) is 2.36. The van der Waals surface area contributed by atoms with Gasteiger partial charge in [-0.3, -0.25) is 10.1 Å². The van der Waals surface area contributed by atoms with Crippen molar-refractivity contribution in [1.29, 1.82) is 0 Å². The van der Waals surface area contributed by atoms with Crippen LogP contribution >= 0.6 is 0 Å². The molecule has 0 spiro atoms. The Hall–Kier alpha value is -1.40. The van der Waals surface area contributed by atoms with Crippen molar-refractivity contribution in [3.63, 3.8) is 0 Å². The Labute approximate surface area is 112 Å². The Balaban J connectivity index is 2.25. The Morgan fingerprint density at radius 1 is 1.26 bits per heavy atom. The zero-order valence-electron chi connectivity index (χ0n) is 10.9. The van der Waals surface area contributed by atoms with Crippen molar-refractivity contribution in [2.24, 2.45) is 0 Å². The molecule has 0 saturated carbocycles. The maximum atomic E-state index is 11.9. The standard InChI is InChI=1S/C13H17NO4S/c1-9-3-5-10(6-4-9)11-7-19(16,17)8-12(14-11)13(15)18-2/h3-6,11-12,14H,7-8H2,1-2H3. The fraction of sp³-hybridized carbons (Fsp3) is 0.462. The highest BCUT2D eigenvalue weighted by Gasteiger charge is 2.36. The number of aryl methyl sites for hydroxylation is 1. The predicted molar refractivity (Wildman–Crippen MR) is 71.5 cm³/mol. The van der Waals surface area contributed by atoms with Crippen LogP contribution in [-0.2, 0) is 19.4 Å². The summed E-state index contributed by atoms with van der Waals surface area (Å²) in [6.07, 6.45) is 0. The summed E-state index contributed by atoms with van der Waals surface area (Å²) in [5, 5.41) is 3.04. The highest BCUT2D eigenvalue weighted by molar-refractivity contribution is 7.91. The zero-order chi connectivity index (χ0) is 14.0. The topological polar surface area (TPSA) is 72.5 Å². The molecule has 2 unspecified atom stereocenters. The molecule has 2 rings (SSSR count). The van der Waals surface area contributed by atoms with Crippen LogP contribution in [0.5, 0.6) is 0 Å². The van der Waals surface area contributed by atoms with Crippen LogP contribution in [0.4, 0.5) is 0 Å². The summed E-state index contributed by atoms with van der Waals surface area (Å²) in [6, 6.07) is 6.43. The van der Waals surface area contributed by atoms with Gasteiger partial charge in [0.25, 0.3) is 0 Å². The van der Waals surface area contributed by atoms with Gasteiger partial charge in [-0.05, 0) is 12.5 Å². The number of ether oxygens (including phenoxy) is 1. The van der Waals surface area contributed by atoms with Crippen LogP contribution < -0.4 is 5.32 Å². The van der Waals surface area contributed by atoms with Crippen LogP contribution in [0, 0.1) is 6.92 Å². The number of hydrogen-bond acceptors (Lipinski definition) is 5. The van der Waals surface area contributed by atoms with Crippen molar-refractivity contribution < 1.29 is 17.9 Å². The van der Waals surface area contributed by atoms with Gasteiger partial charge in [0.05, 0.1) is 18.6 Å². The monoisotopic (exact) mass is 283 g/mol. The molecule has 0 aromatic heterocycles. The number of carbonyl (C=O) groups excluding carboxylic acids is 1. The van der Waals surface area contributed by atoms with Crippen LogP contribution in [0.1, 0.15) is 17.2 Å². The molecule has 0 bridgehead atoms. The molecular formula is C13H17NO4S. The molecule has 1 fully saturated rings. The molecule has 1 aromatic rings. The van der Waals surface area contributed by atoms with E-state index >= 15 is 0 Å². The van der Waals surface area contributed by atoms with Crippen LogP contribution in [0.3, 0.4) is 0 Å². The number of nitrogens with one attached hydrogen (secondary N) is 1. The van der Waals surface area contributed by atoms with Crippen molar-refractivity contribution in [3.8, 4) is 0 Å². The number of hydrogen-bond donors (Lipinski definition) is 1. The maximum Gasteiger partial charge on any atom is 0.323 e. The SMILES string of the molecule is COC(=O)C1CS(=O)(=O)CC(c2ccc(C)cc2)N1. The molecule has 1 aliphatic rings. The smallest absolute Gasteiger partial charge is 0.323 e. The molecule has 1 aliphatic heterocycles. The Morgan fingerprint density at radius 2 is 1.89 bits per heavy atom. The molecule has 0 amide bonds. The van der Waals surface area contributed by atoms with Gasteiger partial charge in [-0.15, -0.1) is 0 Å². The van der Waals surface area contributed by atoms with Gasteiger partial charge in [-0.2, -0.15) is 0 Å². The summed E-state index contributed by atoms with van der Waals surface area (Å²) in [4.78, 5) is 11.5. The Morgan fingerprint density at radius 3 is 2.47 bits per heavy atom. The van der Waals surface area contributed by atoms with Crippen molar-refractivity contribution >= 4 is 15.8 Å². The van der Waals surface area contributed by atoms with Gasteiger partial charge in [-0.1, -0.05) is 29.8 Å². The summed E-state index contributed by atoms with van der Waals surface area (Å²) >= 11 is 0. The van der Waals surface area contributed by atoms with E-state index in [0.29, 0.717) is 0 Å². The highest BCUT2D eigenvalue weighted by Crippen LogP contribution is 2.21. The number of benzene rings is 1. The van der Waals surface area contributed by atoms with E-state index in [1.807, 2.05) is 31.2 Å². The molecular weight excluding hydrogens is 266 g/mol. The quantitative estimate of drug-likeness (QED) is 0.805. The van der Waals surface area contributed by atoms with Crippen molar-refractivity contribution in [1.82, 2.24) is 5.32 Å². The van der Waals surface area contributed by atoms with Crippen LogP contribution in [0.15, 0.2) is 24.3 Å². The number of methoxy groups -OCH3 is 1. The lowest BCUT2D eigenvalue weighted by molar-refractivity contribution is -0.142. The molecule has 5 nitrogen and oxygen atoms in total. The molecule has 2 atom stereocenters. The minimum Gasteiger partial charge on any atom is -0.468 e. The Bertz CT molecular complexity index is 565. The minimum atomic E-state index is -3.26. The third kappa shape index (κ3) is 3.33. The Kier molecular flexibility index (Phi) is 3.91. The van der Waals surface area contributed by atoms with E-state index in [4.69, 9.17) is 0 Å². The van der Waals surface area contributed by atoms with Gasteiger partial charge in [0.15, 0.2) is 9.84 Å². The van der Waals surface area contributed by atoms with Crippen molar-refractivity contribution in [3.05, 3.63) is 35.4 Å². The largest absolute Gasteiger partial charge is 0.468 e. The van der Waals surface area contributed by atoms with E-state index in [9.17, 15) is 13.2 Å². The summed E-state index contributed by atoms with van der Waals surface area (Å²) in [6.45, 7) is 1.96. The van der Waals surface area contributed by atoms with Gasteiger partial charge in [0.1, 0.15) is 6.04 Å². The van der Waals surface area contributed by atoms with E-state index in [1.54, 1.807) is 0 Å². The molecule has 0 aliphatic carbocycles. The van der Waals surface area contributed by atoms with Crippen LogP contribution in [0.2, 0.25) is 0 Å². The summed E-state index contributed by atoms with van der Waals surface area (Å²) in [5.41, 5.74) is 1.97. The molecule has 0 radical (unpaired) electrons. The fourth-order valence-electron chi connectivity index (χ4n) is 2.18. The van der Waals surface area contributed by atoms with E-state index in [0.717, 1.165) is 11.1 Å². The molecule has 1 heterocycles. The third-order valence-corrected chi connectivity index (χ3v) is 4.89. The lowest BCUT2D eigenvalue weighted by atomic mass is 10.1. The number of rotatable bonds is 2. The van der Waals surface area contributed by atoms with Crippen molar-refractivity contribution in [2.75, 3.05) is 18.6 Å². The summed E-state index contributed by atoms with van der Waals surface area (Å²) in [7, 11) is -2.00. The number of carbonyl (C=O) groups is 1. The van der Waals surface area contributed by atoms with E-state index in [2.05, 4.69) is 10.1 Å². The third-order valence-electron chi connectivity index (χ3n) is 3.21. The molecule has 19 heavy (non-hydrogen) atoms. The van der Waals surface area contributed by atoms with Crippen LogP contribution in [0.25, 0.3) is 0 Å². The first-order valence-electron chi connectivity index (χ1n) is 6.02. The molecule has 1 saturated heterocycles. The van der Waals surface area contributed by atoms with Gasteiger partial charge >= 0.3 is 5.97 Å². The van der Waals surface area contributed by atoms with Gasteiger partial charge < -0.3 is 4.74 Å². The molecule has 1 N–H and O–H groups in total. The first kappa shape index (κ1) is 14.0. The predicted octanol–water partition coefficient (Wildman–Crippen LogP) is 0.596. The first-order valence-corrected chi connectivity index (χ1v) is 7.84. The second-order valence-corrected chi connectivity index (χ2v) is 6.94. The average molecular weight is 283 g/mol. The van der Waals surface area contributed by atoms with E-state index < -0.39 is 21.8 Å². The highest BCUT2D eigenvalue weighted by atomic mass is 32.2. The summed E-state index contributed by atoms with van der Waals surface area (Å²) < 4.78 is 28.4. The molecule has 1 aromatic carbocycles. The lowest BCUT2D eigenvalue weighted by Crippen LogP contribution is -2.51. The molecule has 104 valence electrons. The normalized spacial score (nSPS) is 25.8. The minimum absolute atomic E-state index is 0.00353. The van der Waals surface area contributed by atoms with Gasteiger partial charge in [0, 0.05) is 6.04 Å². The molecule has 6 heteroatoms. The first-order chi connectivity index (χ1) is 8.91. The zero-order valence-corrected chi connectivity index (χ0v) is 11.7. The van der Waals surface area contributed by atoms with Crippen LogP contribution in [-0.4, -0.2) is 39.0 Å². The van der Waals surface area contributed by atoms with Gasteiger partial charge in [0.2, 0.25) is 0 Å². The lowest BCUT2D eigenvalue weighted by Gasteiger charge is -2.29. The number of sulfone groups is 1. The fourth-order valence-corrected chi connectivity index (χ4v) is 3.86. The van der Waals surface area contributed by atoms with E-state index in [1.165, 1.54) is 7.11 Å². The maximum absolute atomic E-state index is 11.9. The number of esters is 1. The second-order valence-electron chi connectivity index (χ2n) is 4.78.